The van der Waals surface area contributed by atoms with Crippen LogP contribution in [0, 0.1) is 0 Å². The molecule has 0 spiro atoms. The molecule has 0 bridgehead atoms. The number of Topliss-reactive ketones (excluding diaryl/α,β-unsaturated/α-hetero) is 1. The number of nitrogens with one attached hydrogen (secondary N) is 1. The van der Waals surface area contributed by atoms with E-state index in [4.69, 9.17) is 11.6 Å². The molecule has 0 aliphatic heterocycles. The lowest BCUT2D eigenvalue weighted by Gasteiger charge is -2.16. The van der Waals surface area contributed by atoms with Crippen molar-refractivity contribution in [1.29, 1.82) is 0 Å². The van der Waals surface area contributed by atoms with Gasteiger partial charge in [0.2, 0.25) is 0 Å². The molecule has 0 unspecified atom stereocenters. The summed E-state index contributed by atoms with van der Waals surface area (Å²) in [5.41, 5.74) is -0.0976. The lowest BCUT2D eigenvalue weighted by atomic mass is 10.1. The summed E-state index contributed by atoms with van der Waals surface area (Å²) < 4.78 is 39.0. The second-order valence-electron chi connectivity index (χ2n) is 4.71. The van der Waals surface area contributed by atoms with Gasteiger partial charge in [-0.1, -0.05) is 29.8 Å². The summed E-state index contributed by atoms with van der Waals surface area (Å²) in [7, 11) is 0. The van der Waals surface area contributed by atoms with Crippen LogP contribution in [-0.2, 0) is 17.4 Å². The highest BCUT2D eigenvalue weighted by molar-refractivity contribution is 6.29. The molecule has 0 fully saturated rings. The minimum absolute atomic E-state index is 0.0560. The summed E-state index contributed by atoms with van der Waals surface area (Å²) in [6.07, 6.45) is -3.75. The highest BCUT2D eigenvalue weighted by Crippen LogP contribution is 2.37. The standard InChI is InChI=1S/C15H12ClF3N2O/c1-9(22)6-10-4-2-3-5-12(10)21-13-7-14(16)20-8-11(13)15(17,18)19/h2-5,7-8H,6H2,1H3,(H,20,21). The Morgan fingerprint density at radius 1 is 1.27 bits per heavy atom. The molecule has 2 rings (SSSR count). The van der Waals surface area contributed by atoms with Gasteiger partial charge in [0.1, 0.15) is 10.9 Å². The van der Waals surface area contributed by atoms with Gasteiger partial charge in [-0.3, -0.25) is 4.79 Å². The zero-order valence-electron chi connectivity index (χ0n) is 11.5. The minimum Gasteiger partial charge on any atom is -0.355 e. The molecule has 22 heavy (non-hydrogen) atoms. The van der Waals surface area contributed by atoms with Gasteiger partial charge >= 0.3 is 6.18 Å². The van der Waals surface area contributed by atoms with E-state index in [1.54, 1.807) is 24.3 Å². The summed E-state index contributed by atoms with van der Waals surface area (Å²) in [5.74, 6) is -0.0851. The molecule has 0 amide bonds. The number of aromatic nitrogens is 1. The van der Waals surface area contributed by atoms with Crippen LogP contribution in [0.1, 0.15) is 18.1 Å². The van der Waals surface area contributed by atoms with Crippen LogP contribution in [0.15, 0.2) is 36.5 Å². The lowest BCUT2D eigenvalue weighted by molar-refractivity contribution is -0.137. The Balaban J connectivity index is 2.43. The summed E-state index contributed by atoms with van der Waals surface area (Å²) >= 11 is 5.68. The molecule has 1 heterocycles. The van der Waals surface area contributed by atoms with Crippen LogP contribution in [0.4, 0.5) is 24.5 Å². The van der Waals surface area contributed by atoms with Crippen LogP contribution >= 0.6 is 11.6 Å². The van der Waals surface area contributed by atoms with Gasteiger partial charge in [0, 0.05) is 18.3 Å². The third-order valence-electron chi connectivity index (χ3n) is 2.90. The fraction of sp³-hybridized carbons (Fsp3) is 0.200. The Morgan fingerprint density at radius 3 is 2.59 bits per heavy atom. The van der Waals surface area contributed by atoms with Crippen LogP contribution in [0.25, 0.3) is 0 Å². The van der Waals surface area contributed by atoms with E-state index >= 15 is 0 Å². The number of nitrogens with zero attached hydrogens (tertiary/aromatic N) is 1. The maximum atomic E-state index is 13.0. The Labute approximate surface area is 130 Å². The quantitative estimate of drug-likeness (QED) is 0.832. The zero-order valence-corrected chi connectivity index (χ0v) is 12.3. The van der Waals surface area contributed by atoms with Crippen molar-refractivity contribution < 1.29 is 18.0 Å². The average molecular weight is 329 g/mol. The topological polar surface area (TPSA) is 42.0 Å². The molecule has 1 aromatic heterocycles. The van der Waals surface area contributed by atoms with E-state index in [0.29, 0.717) is 17.4 Å². The number of ketones is 1. The predicted octanol–water partition coefficient (Wildman–Crippen LogP) is 4.63. The number of alkyl halides is 3. The van der Waals surface area contributed by atoms with Crippen LogP contribution < -0.4 is 5.32 Å². The third-order valence-corrected chi connectivity index (χ3v) is 3.11. The Bertz CT molecular complexity index is 701. The number of carbonyl (C=O) groups is 1. The minimum atomic E-state index is -4.56. The van der Waals surface area contributed by atoms with E-state index in [2.05, 4.69) is 10.3 Å². The van der Waals surface area contributed by atoms with Crippen LogP contribution in [-0.4, -0.2) is 10.8 Å². The first-order valence-electron chi connectivity index (χ1n) is 6.34. The SMILES string of the molecule is CC(=O)Cc1ccccc1Nc1cc(Cl)ncc1C(F)(F)F. The van der Waals surface area contributed by atoms with Gasteiger partial charge in [0.05, 0.1) is 11.3 Å². The van der Waals surface area contributed by atoms with Crippen LogP contribution in [0.5, 0.6) is 0 Å². The lowest BCUT2D eigenvalue weighted by Crippen LogP contribution is -2.10. The van der Waals surface area contributed by atoms with Crippen LogP contribution in [0.2, 0.25) is 5.15 Å². The Kier molecular flexibility index (Phi) is 4.71. The molecule has 3 nitrogen and oxygen atoms in total. The monoisotopic (exact) mass is 328 g/mol. The van der Waals surface area contributed by atoms with Gasteiger partial charge in [-0.2, -0.15) is 13.2 Å². The number of hydrogen-bond acceptors (Lipinski definition) is 3. The highest BCUT2D eigenvalue weighted by Gasteiger charge is 2.34. The molecule has 0 radical (unpaired) electrons. The van der Waals surface area contributed by atoms with Crippen molar-refractivity contribution in [3.05, 3.63) is 52.8 Å². The van der Waals surface area contributed by atoms with Gasteiger partial charge in [0.15, 0.2) is 0 Å². The van der Waals surface area contributed by atoms with Crippen molar-refractivity contribution in [1.82, 2.24) is 4.98 Å². The maximum absolute atomic E-state index is 13.0. The van der Waals surface area contributed by atoms with E-state index in [1.807, 2.05) is 0 Å². The second kappa shape index (κ2) is 6.36. The van der Waals surface area contributed by atoms with Crippen molar-refractivity contribution in [3.8, 4) is 0 Å². The zero-order chi connectivity index (χ0) is 16.3. The summed E-state index contributed by atoms with van der Waals surface area (Å²) in [6, 6.07) is 7.77. The first-order chi connectivity index (χ1) is 10.3. The Morgan fingerprint density at radius 2 is 1.95 bits per heavy atom. The predicted molar refractivity (Wildman–Crippen MR) is 78.4 cm³/mol. The summed E-state index contributed by atoms with van der Waals surface area (Å²) in [4.78, 5) is 14.7. The largest absolute Gasteiger partial charge is 0.419 e. The number of halogens is 4. The molecule has 0 saturated carbocycles. The molecule has 0 aliphatic carbocycles. The van der Waals surface area contributed by atoms with E-state index in [9.17, 15) is 18.0 Å². The van der Waals surface area contributed by atoms with Crippen molar-refractivity contribution in [2.45, 2.75) is 19.5 Å². The second-order valence-corrected chi connectivity index (χ2v) is 5.10. The van der Waals surface area contributed by atoms with Gasteiger partial charge in [-0.15, -0.1) is 0 Å². The smallest absolute Gasteiger partial charge is 0.355 e. The number of pyridine rings is 1. The molecule has 116 valence electrons. The molecule has 1 aromatic carbocycles. The molecular formula is C15H12ClF3N2O. The van der Waals surface area contributed by atoms with Crippen molar-refractivity contribution in [2.75, 3.05) is 5.32 Å². The first-order valence-corrected chi connectivity index (χ1v) is 6.72. The van der Waals surface area contributed by atoms with E-state index < -0.39 is 11.7 Å². The Hall–Kier alpha value is -2.08. The van der Waals surface area contributed by atoms with Gasteiger partial charge in [0.25, 0.3) is 0 Å². The van der Waals surface area contributed by atoms with E-state index in [0.717, 1.165) is 6.07 Å². The molecule has 0 atom stereocenters. The van der Waals surface area contributed by atoms with Gasteiger partial charge < -0.3 is 5.32 Å². The number of hydrogen-bond donors (Lipinski definition) is 1. The number of benzene rings is 1. The number of para-hydroxylation sites is 1. The molecule has 1 N–H and O–H groups in total. The van der Waals surface area contributed by atoms with Gasteiger partial charge in [-0.05, 0) is 24.6 Å². The molecular weight excluding hydrogens is 317 g/mol. The molecule has 7 heteroatoms. The van der Waals surface area contributed by atoms with Crippen molar-refractivity contribution in [2.24, 2.45) is 0 Å². The summed E-state index contributed by atoms with van der Waals surface area (Å²) in [6.45, 7) is 1.42. The summed E-state index contributed by atoms with van der Waals surface area (Å²) in [5, 5.41) is 2.64. The van der Waals surface area contributed by atoms with Gasteiger partial charge in [-0.25, -0.2) is 4.98 Å². The maximum Gasteiger partial charge on any atom is 0.419 e. The molecule has 0 saturated heterocycles. The average Bonchev–Trinajstić information content (AvgIpc) is 2.39. The fourth-order valence-electron chi connectivity index (χ4n) is 1.97. The third kappa shape index (κ3) is 3.98. The molecule has 0 aliphatic rings. The number of anilines is 2. The number of carbonyl (C=O) groups excluding carboxylic acids is 1. The normalized spacial score (nSPS) is 11.3. The highest BCUT2D eigenvalue weighted by atomic mass is 35.5. The number of rotatable bonds is 4. The van der Waals surface area contributed by atoms with Crippen molar-refractivity contribution in [3.63, 3.8) is 0 Å². The van der Waals surface area contributed by atoms with Crippen LogP contribution in [0.3, 0.4) is 0 Å². The van der Waals surface area contributed by atoms with Crippen molar-refractivity contribution >= 4 is 28.8 Å². The van der Waals surface area contributed by atoms with E-state index in [-0.39, 0.29) is 23.0 Å². The fourth-order valence-corrected chi connectivity index (χ4v) is 2.13. The first kappa shape index (κ1) is 16.3. The van der Waals surface area contributed by atoms with E-state index in [1.165, 1.54) is 6.92 Å². The molecule has 2 aromatic rings.